The number of alkyl halides is 3. The third kappa shape index (κ3) is 4.12. The molecule has 5 rings (SSSR count). The molecule has 0 saturated carbocycles. The van der Waals surface area contributed by atoms with Crippen molar-refractivity contribution in [3.05, 3.63) is 66.2 Å². The highest BCUT2D eigenvalue weighted by atomic mass is 19.4. The van der Waals surface area contributed by atoms with Gasteiger partial charge in [0, 0.05) is 5.69 Å². The summed E-state index contributed by atoms with van der Waals surface area (Å²) in [5, 5.41) is 2.70. The van der Waals surface area contributed by atoms with Crippen molar-refractivity contribution < 1.29 is 37.0 Å². The van der Waals surface area contributed by atoms with Gasteiger partial charge >= 0.3 is 6.36 Å². The van der Waals surface area contributed by atoms with E-state index in [1.54, 1.807) is 18.1 Å². The molecule has 1 N–H and O–H groups in total. The smallest absolute Gasteiger partial charge is 0.497 e. The summed E-state index contributed by atoms with van der Waals surface area (Å²) in [7, 11) is 1.58. The van der Waals surface area contributed by atoms with Gasteiger partial charge in [0.2, 0.25) is 11.8 Å². The van der Waals surface area contributed by atoms with E-state index in [1.807, 2.05) is 37.3 Å². The fourth-order valence-corrected chi connectivity index (χ4v) is 5.18. The molecule has 2 saturated heterocycles. The zero-order valence-electron chi connectivity index (χ0n) is 18.9. The highest BCUT2D eigenvalue weighted by molar-refractivity contribution is 5.99. The minimum Gasteiger partial charge on any atom is -0.497 e. The predicted octanol–water partition coefficient (Wildman–Crippen LogP) is 4.08. The molecule has 3 aliphatic rings. The van der Waals surface area contributed by atoms with E-state index in [0.29, 0.717) is 18.0 Å². The third-order valence-electron chi connectivity index (χ3n) is 6.85. The molecule has 3 aliphatic heterocycles. The maximum Gasteiger partial charge on any atom is 0.573 e. The first-order valence-electron chi connectivity index (χ1n) is 11.1. The van der Waals surface area contributed by atoms with Crippen molar-refractivity contribution in [2.45, 2.75) is 31.0 Å². The largest absolute Gasteiger partial charge is 0.573 e. The normalized spacial score (nSPS) is 27.6. The van der Waals surface area contributed by atoms with Crippen molar-refractivity contribution in [1.29, 1.82) is 0 Å². The average molecular weight is 488 g/mol. The van der Waals surface area contributed by atoms with E-state index in [0.717, 1.165) is 17.7 Å². The van der Waals surface area contributed by atoms with Crippen LogP contribution in [0.5, 0.6) is 11.5 Å². The van der Waals surface area contributed by atoms with Crippen molar-refractivity contribution in [3.63, 3.8) is 0 Å². The van der Waals surface area contributed by atoms with E-state index < -0.39 is 41.6 Å². The first-order valence-corrected chi connectivity index (χ1v) is 11.1. The number of methoxy groups -OCH3 is 1. The van der Waals surface area contributed by atoms with Gasteiger partial charge in [0.05, 0.1) is 37.6 Å². The summed E-state index contributed by atoms with van der Waals surface area (Å²) in [6, 6.07) is 12.1. The highest BCUT2D eigenvalue weighted by Crippen LogP contribution is 2.53. The minimum atomic E-state index is -4.80. The van der Waals surface area contributed by atoms with Gasteiger partial charge in [-0.25, -0.2) is 0 Å². The fourth-order valence-electron chi connectivity index (χ4n) is 5.18. The lowest BCUT2D eigenvalue weighted by atomic mass is 9.76. The lowest BCUT2D eigenvalue weighted by molar-refractivity contribution is -0.274. The summed E-state index contributed by atoms with van der Waals surface area (Å²) in [5.74, 6) is -1.73. The Balaban J connectivity index is 1.32. The Kier molecular flexibility index (Phi) is 5.51. The van der Waals surface area contributed by atoms with Gasteiger partial charge in [0.1, 0.15) is 17.1 Å². The molecule has 2 fully saturated rings. The van der Waals surface area contributed by atoms with Gasteiger partial charge in [-0.15, -0.1) is 13.2 Å². The maximum absolute atomic E-state index is 13.5. The second kappa shape index (κ2) is 8.30. The van der Waals surface area contributed by atoms with Crippen LogP contribution in [0.15, 0.2) is 60.7 Å². The Morgan fingerprint density at radius 3 is 2.43 bits per heavy atom. The maximum atomic E-state index is 13.5. The molecule has 2 aromatic rings. The zero-order chi connectivity index (χ0) is 25.0. The van der Waals surface area contributed by atoms with Crippen LogP contribution in [0, 0.1) is 11.8 Å². The number of carbonyl (C=O) groups is 2. The number of halogens is 3. The molecule has 0 aliphatic carbocycles. The molecular weight excluding hydrogens is 465 g/mol. The number of hydrogen-bond donors (Lipinski definition) is 1. The number of ether oxygens (including phenoxy) is 3. The summed E-state index contributed by atoms with van der Waals surface area (Å²) in [5.41, 5.74) is 0.338. The van der Waals surface area contributed by atoms with Crippen molar-refractivity contribution >= 4 is 17.5 Å². The van der Waals surface area contributed by atoms with E-state index in [-0.39, 0.29) is 11.9 Å². The molecule has 2 bridgehead atoms. The van der Waals surface area contributed by atoms with Crippen LogP contribution in [-0.2, 0) is 14.3 Å². The van der Waals surface area contributed by atoms with Gasteiger partial charge in [0.25, 0.3) is 0 Å². The number of amides is 2. The van der Waals surface area contributed by atoms with Crippen LogP contribution >= 0.6 is 0 Å². The van der Waals surface area contributed by atoms with E-state index in [2.05, 4.69) is 10.1 Å². The van der Waals surface area contributed by atoms with E-state index >= 15 is 0 Å². The van der Waals surface area contributed by atoms with Crippen molar-refractivity contribution in [1.82, 2.24) is 4.90 Å². The molecule has 10 heteroatoms. The molecule has 7 nitrogen and oxygen atoms in total. The quantitative estimate of drug-likeness (QED) is 0.621. The lowest BCUT2D eigenvalue weighted by Crippen LogP contribution is -2.41. The minimum absolute atomic E-state index is 0.172. The second-order valence-electron chi connectivity index (χ2n) is 8.88. The average Bonchev–Trinajstić information content (AvgIpc) is 3.47. The Labute approximate surface area is 199 Å². The molecule has 1 spiro atoms. The number of likely N-dealkylation sites (tertiary alicyclic amines) is 1. The van der Waals surface area contributed by atoms with Gasteiger partial charge in [-0.2, -0.15) is 0 Å². The zero-order valence-corrected chi connectivity index (χ0v) is 18.9. The summed E-state index contributed by atoms with van der Waals surface area (Å²) in [6.07, 6.45) is -1.68. The van der Waals surface area contributed by atoms with Gasteiger partial charge in [-0.3, -0.25) is 9.59 Å². The van der Waals surface area contributed by atoms with Crippen LogP contribution in [0.3, 0.4) is 0 Å². The van der Waals surface area contributed by atoms with Gasteiger partial charge < -0.3 is 24.4 Å². The molecule has 0 unspecified atom stereocenters. The summed E-state index contributed by atoms with van der Waals surface area (Å²) in [6.45, 7) is 2.25. The van der Waals surface area contributed by atoms with Gasteiger partial charge in [-0.05, 0) is 48.9 Å². The molecule has 5 atom stereocenters. The molecule has 184 valence electrons. The molecular formula is C25H23F3N2O5. The second-order valence-corrected chi connectivity index (χ2v) is 8.88. The molecule has 0 aromatic heterocycles. The number of carbonyl (C=O) groups excluding carboxylic acids is 2. The van der Waals surface area contributed by atoms with E-state index in [4.69, 9.17) is 9.47 Å². The molecule has 0 radical (unpaired) electrons. The number of rotatable bonds is 6. The lowest BCUT2D eigenvalue weighted by Gasteiger charge is -2.28. The number of hydrogen-bond acceptors (Lipinski definition) is 5. The number of benzene rings is 2. The summed E-state index contributed by atoms with van der Waals surface area (Å²) in [4.78, 5) is 28.5. The van der Waals surface area contributed by atoms with E-state index in [9.17, 15) is 22.8 Å². The first kappa shape index (κ1) is 23.2. The number of nitrogens with one attached hydrogen (secondary N) is 1. The number of nitrogens with zero attached hydrogens (tertiary/aromatic N) is 1. The highest BCUT2D eigenvalue weighted by Gasteiger charge is 2.67. The summed E-state index contributed by atoms with van der Waals surface area (Å²) >= 11 is 0. The Bertz CT molecular complexity index is 1170. The number of anilines is 1. The van der Waals surface area contributed by atoms with Crippen molar-refractivity contribution in [2.75, 3.05) is 19.0 Å². The standard InChI is InChI=1S/C25H23F3N2O5/c1-14(15-3-7-17(33-2)8-4-15)30-13-24-12-11-19(35-24)20(21(24)23(30)32)22(31)29-16-5-9-18(10-6-16)34-25(26,27)28/h3-12,14,19-21H,13H2,1-2H3,(H,29,31)/t14-,19-,20+,21-,24-/m0/s1. The fraction of sp³-hybridized carbons (Fsp3) is 0.360. The molecule has 35 heavy (non-hydrogen) atoms. The molecule has 2 amide bonds. The van der Waals surface area contributed by atoms with Crippen LogP contribution in [-0.4, -0.2) is 48.4 Å². The summed E-state index contributed by atoms with van der Waals surface area (Å²) < 4.78 is 52.4. The predicted molar refractivity (Wildman–Crippen MR) is 119 cm³/mol. The van der Waals surface area contributed by atoms with Crippen LogP contribution in [0.25, 0.3) is 0 Å². The van der Waals surface area contributed by atoms with Gasteiger partial charge in [0.15, 0.2) is 0 Å². The van der Waals surface area contributed by atoms with E-state index in [1.165, 1.54) is 12.1 Å². The van der Waals surface area contributed by atoms with Crippen LogP contribution in [0.2, 0.25) is 0 Å². The van der Waals surface area contributed by atoms with Crippen LogP contribution in [0.1, 0.15) is 18.5 Å². The Morgan fingerprint density at radius 2 is 1.80 bits per heavy atom. The molecule has 2 aromatic carbocycles. The van der Waals surface area contributed by atoms with Crippen molar-refractivity contribution in [3.8, 4) is 11.5 Å². The van der Waals surface area contributed by atoms with Gasteiger partial charge in [-0.1, -0.05) is 24.3 Å². The van der Waals surface area contributed by atoms with Crippen molar-refractivity contribution in [2.24, 2.45) is 11.8 Å². The van der Waals surface area contributed by atoms with Crippen LogP contribution < -0.4 is 14.8 Å². The first-order chi connectivity index (χ1) is 16.6. The Hall–Kier alpha value is -3.53. The third-order valence-corrected chi connectivity index (χ3v) is 6.85. The van der Waals surface area contributed by atoms with Crippen LogP contribution in [0.4, 0.5) is 18.9 Å². The monoisotopic (exact) mass is 488 g/mol. The Morgan fingerprint density at radius 1 is 1.14 bits per heavy atom. The SMILES string of the molecule is COc1ccc([C@H](C)N2C[C@]34C=C[C@H](O3)[C@@H](C(=O)Nc3ccc(OC(F)(F)F)cc3)[C@H]4C2=O)cc1. The topological polar surface area (TPSA) is 77.1 Å². The number of fused-ring (bicyclic) bond motifs is 1. The molecule has 3 heterocycles.